The first-order chi connectivity index (χ1) is 14.5. The number of nitrogens with zero attached hydrogens (tertiary/aromatic N) is 1. The van der Waals surface area contributed by atoms with E-state index in [9.17, 15) is 9.18 Å². The summed E-state index contributed by atoms with van der Waals surface area (Å²) in [6.07, 6.45) is 2.98. The monoisotopic (exact) mass is 412 g/mol. The van der Waals surface area contributed by atoms with Crippen molar-refractivity contribution in [1.82, 2.24) is 10.6 Å². The minimum Gasteiger partial charge on any atom is -0.489 e. The van der Waals surface area contributed by atoms with Crippen LogP contribution >= 0.6 is 0 Å². The van der Waals surface area contributed by atoms with Gasteiger partial charge >= 0.3 is 0 Å². The Morgan fingerprint density at radius 2 is 1.97 bits per heavy atom. The number of benzene rings is 2. The zero-order valence-electron chi connectivity index (χ0n) is 17.5. The fraction of sp³-hybridized carbons (Fsp3) is 0.391. The average Bonchev–Trinajstić information content (AvgIpc) is 2.69. The molecule has 0 radical (unpaired) electrons. The molecule has 3 N–H and O–H groups in total. The van der Waals surface area contributed by atoms with Gasteiger partial charge in [-0.05, 0) is 61.7 Å². The maximum Gasteiger partial charge on any atom is 0.227 e. The minimum atomic E-state index is -0.288. The van der Waals surface area contributed by atoms with E-state index in [1.54, 1.807) is 19.2 Å². The van der Waals surface area contributed by atoms with Gasteiger partial charge in [0.1, 0.15) is 17.7 Å². The molecule has 160 valence electrons. The fourth-order valence-electron chi connectivity index (χ4n) is 3.11. The molecule has 0 spiro atoms. The summed E-state index contributed by atoms with van der Waals surface area (Å²) in [7, 11) is 1.70. The number of rotatable bonds is 8. The van der Waals surface area contributed by atoms with E-state index in [2.05, 4.69) is 20.9 Å². The lowest BCUT2D eigenvalue weighted by Crippen LogP contribution is -2.41. The molecule has 2 aromatic carbocycles. The highest BCUT2D eigenvalue weighted by atomic mass is 19.1. The van der Waals surface area contributed by atoms with E-state index in [0.717, 1.165) is 30.5 Å². The van der Waals surface area contributed by atoms with Crippen LogP contribution in [0.3, 0.4) is 0 Å². The van der Waals surface area contributed by atoms with Crippen LogP contribution in [0.2, 0.25) is 0 Å². The molecule has 0 heterocycles. The first-order valence-electron chi connectivity index (χ1n) is 10.3. The van der Waals surface area contributed by atoms with E-state index in [1.807, 2.05) is 31.2 Å². The Bertz CT molecular complexity index is 866. The van der Waals surface area contributed by atoms with E-state index in [1.165, 1.54) is 12.1 Å². The normalized spacial score (nSPS) is 15.1. The second-order valence-corrected chi connectivity index (χ2v) is 7.51. The molecule has 6 nitrogen and oxygen atoms in total. The molecule has 1 fully saturated rings. The number of hydrogen-bond acceptors (Lipinski definition) is 3. The largest absolute Gasteiger partial charge is 0.489 e. The van der Waals surface area contributed by atoms with Crippen LogP contribution in [-0.4, -0.2) is 31.6 Å². The van der Waals surface area contributed by atoms with Crippen molar-refractivity contribution >= 4 is 17.6 Å². The summed E-state index contributed by atoms with van der Waals surface area (Å²) in [6, 6.07) is 13.8. The van der Waals surface area contributed by atoms with Crippen molar-refractivity contribution in [3.05, 3.63) is 59.9 Å². The standard InChI is InChI=1S/C23H29FN4O2/c1-16(30-21-11-9-19(24)10-12-21)14-26-23(25-2)27-15-17-5-3-8-20(13-17)28-22(29)18-6-4-7-18/h3,5,8-13,16,18H,4,6-7,14-15H2,1-2H3,(H,28,29)(H2,25,26,27). The third-order valence-corrected chi connectivity index (χ3v) is 5.06. The molecule has 1 aliphatic carbocycles. The molecule has 0 bridgehead atoms. The van der Waals surface area contributed by atoms with Crippen molar-refractivity contribution < 1.29 is 13.9 Å². The van der Waals surface area contributed by atoms with Crippen molar-refractivity contribution in [3.8, 4) is 5.75 Å². The van der Waals surface area contributed by atoms with E-state index in [4.69, 9.17) is 4.74 Å². The van der Waals surface area contributed by atoms with Crippen molar-refractivity contribution in [2.24, 2.45) is 10.9 Å². The molecule has 0 aliphatic heterocycles. The van der Waals surface area contributed by atoms with E-state index in [-0.39, 0.29) is 23.7 Å². The van der Waals surface area contributed by atoms with Crippen LogP contribution in [0.15, 0.2) is 53.5 Å². The first-order valence-corrected chi connectivity index (χ1v) is 10.3. The molecular weight excluding hydrogens is 383 g/mol. The number of aliphatic imine (C=N–C) groups is 1. The van der Waals surface area contributed by atoms with Crippen molar-refractivity contribution in [2.75, 3.05) is 18.9 Å². The lowest BCUT2D eigenvalue weighted by molar-refractivity contribution is -0.122. The Kier molecular flexibility index (Phi) is 7.65. The zero-order valence-corrected chi connectivity index (χ0v) is 17.5. The summed E-state index contributed by atoms with van der Waals surface area (Å²) in [5.41, 5.74) is 1.86. The lowest BCUT2D eigenvalue weighted by Gasteiger charge is -2.24. The third-order valence-electron chi connectivity index (χ3n) is 5.06. The predicted molar refractivity (Wildman–Crippen MR) is 117 cm³/mol. The topological polar surface area (TPSA) is 74.8 Å². The average molecular weight is 413 g/mol. The van der Waals surface area contributed by atoms with Crippen LogP contribution in [0.5, 0.6) is 5.75 Å². The Balaban J connectivity index is 1.43. The summed E-state index contributed by atoms with van der Waals surface area (Å²) in [5, 5.41) is 9.48. The van der Waals surface area contributed by atoms with Crippen LogP contribution in [0.1, 0.15) is 31.7 Å². The summed E-state index contributed by atoms with van der Waals surface area (Å²) in [4.78, 5) is 16.4. The van der Waals surface area contributed by atoms with Crippen LogP contribution in [0, 0.1) is 11.7 Å². The quantitative estimate of drug-likeness (QED) is 0.457. The molecule has 30 heavy (non-hydrogen) atoms. The predicted octanol–water partition coefficient (Wildman–Crippen LogP) is 3.70. The molecule has 1 unspecified atom stereocenters. The molecule has 0 aromatic heterocycles. The number of hydrogen-bond donors (Lipinski definition) is 3. The second-order valence-electron chi connectivity index (χ2n) is 7.51. The highest BCUT2D eigenvalue weighted by Gasteiger charge is 2.25. The van der Waals surface area contributed by atoms with E-state index >= 15 is 0 Å². The van der Waals surface area contributed by atoms with Gasteiger partial charge in [0.25, 0.3) is 0 Å². The Hall–Kier alpha value is -3.09. The Morgan fingerprint density at radius 1 is 1.20 bits per heavy atom. The maximum atomic E-state index is 13.0. The smallest absolute Gasteiger partial charge is 0.227 e. The van der Waals surface area contributed by atoms with Crippen molar-refractivity contribution in [2.45, 2.75) is 38.8 Å². The van der Waals surface area contributed by atoms with Gasteiger partial charge in [0.2, 0.25) is 5.91 Å². The summed E-state index contributed by atoms with van der Waals surface area (Å²) in [6.45, 7) is 3.03. The van der Waals surface area contributed by atoms with Gasteiger partial charge < -0.3 is 20.7 Å². The van der Waals surface area contributed by atoms with E-state index < -0.39 is 0 Å². The number of carbonyl (C=O) groups is 1. The third kappa shape index (κ3) is 6.47. The summed E-state index contributed by atoms with van der Waals surface area (Å²) in [5.74, 6) is 1.25. The summed E-state index contributed by atoms with van der Waals surface area (Å²) >= 11 is 0. The Labute approximate surface area is 176 Å². The number of carbonyl (C=O) groups excluding carboxylic acids is 1. The molecular formula is C23H29FN4O2. The molecule has 3 rings (SSSR count). The molecule has 1 aliphatic rings. The molecule has 1 amide bonds. The summed E-state index contributed by atoms with van der Waals surface area (Å²) < 4.78 is 18.7. The molecule has 7 heteroatoms. The van der Waals surface area contributed by atoms with Crippen LogP contribution in [0.4, 0.5) is 10.1 Å². The molecule has 1 atom stereocenters. The SMILES string of the molecule is CN=C(NCc1cccc(NC(=O)C2CCC2)c1)NCC(C)Oc1ccc(F)cc1. The van der Waals surface area contributed by atoms with Crippen molar-refractivity contribution in [1.29, 1.82) is 0 Å². The van der Waals surface area contributed by atoms with Crippen molar-refractivity contribution in [3.63, 3.8) is 0 Å². The lowest BCUT2D eigenvalue weighted by atomic mass is 9.85. The highest BCUT2D eigenvalue weighted by Crippen LogP contribution is 2.27. The minimum absolute atomic E-state index is 0.110. The Morgan fingerprint density at radius 3 is 2.63 bits per heavy atom. The van der Waals surface area contributed by atoms with Gasteiger partial charge in [-0.25, -0.2) is 4.39 Å². The van der Waals surface area contributed by atoms with Gasteiger partial charge in [-0.1, -0.05) is 18.6 Å². The number of halogens is 1. The fourth-order valence-corrected chi connectivity index (χ4v) is 3.11. The first kappa shape index (κ1) is 21.6. The van der Waals surface area contributed by atoms with Gasteiger partial charge in [-0.2, -0.15) is 0 Å². The number of amides is 1. The number of guanidine groups is 1. The van der Waals surface area contributed by atoms with Crippen LogP contribution in [0.25, 0.3) is 0 Å². The zero-order chi connectivity index (χ0) is 21.3. The van der Waals surface area contributed by atoms with Gasteiger partial charge in [0, 0.05) is 25.2 Å². The van der Waals surface area contributed by atoms with Gasteiger partial charge in [-0.15, -0.1) is 0 Å². The van der Waals surface area contributed by atoms with Gasteiger partial charge in [0.15, 0.2) is 5.96 Å². The molecule has 2 aromatic rings. The van der Waals surface area contributed by atoms with Crippen LogP contribution in [-0.2, 0) is 11.3 Å². The highest BCUT2D eigenvalue weighted by molar-refractivity contribution is 5.93. The number of nitrogens with one attached hydrogen (secondary N) is 3. The second kappa shape index (κ2) is 10.6. The molecule has 1 saturated carbocycles. The number of ether oxygens (including phenoxy) is 1. The number of anilines is 1. The van der Waals surface area contributed by atoms with Gasteiger partial charge in [-0.3, -0.25) is 9.79 Å². The van der Waals surface area contributed by atoms with Gasteiger partial charge in [0.05, 0.1) is 6.54 Å². The molecule has 0 saturated heterocycles. The van der Waals surface area contributed by atoms with Crippen LogP contribution < -0.4 is 20.7 Å². The maximum absolute atomic E-state index is 13.0. The van der Waals surface area contributed by atoms with E-state index in [0.29, 0.717) is 24.8 Å².